The number of hydrogen-bond acceptors (Lipinski definition) is 2. The molecule has 0 aliphatic rings. The predicted octanol–water partition coefficient (Wildman–Crippen LogP) is 2.56. The molecule has 0 saturated heterocycles. The Hall–Kier alpha value is -0.0800. The van der Waals surface area contributed by atoms with Crippen LogP contribution < -0.4 is 5.32 Å². The van der Waals surface area contributed by atoms with Crippen molar-refractivity contribution in [2.24, 2.45) is 0 Å². The summed E-state index contributed by atoms with van der Waals surface area (Å²) in [7, 11) is 1.89. The molecule has 13 heavy (non-hydrogen) atoms. The Balaban J connectivity index is 0. The van der Waals surface area contributed by atoms with E-state index >= 15 is 0 Å². The van der Waals surface area contributed by atoms with E-state index in [1.807, 2.05) is 34.7 Å². The maximum atomic E-state index is 10.0. The van der Waals surface area contributed by atoms with Crippen molar-refractivity contribution in [3.63, 3.8) is 0 Å². The summed E-state index contributed by atoms with van der Waals surface area (Å²) < 4.78 is 0. The first-order valence-corrected chi connectivity index (χ1v) is 5.50. The van der Waals surface area contributed by atoms with Gasteiger partial charge < -0.3 is 10.4 Å². The lowest BCUT2D eigenvalue weighted by molar-refractivity contribution is -0.00272. The highest BCUT2D eigenvalue weighted by Gasteiger charge is 2.29. The van der Waals surface area contributed by atoms with Crippen LogP contribution in [0.25, 0.3) is 0 Å². The minimum absolute atomic E-state index is 0.187. The van der Waals surface area contributed by atoms with Gasteiger partial charge in [-0.15, -0.1) is 0 Å². The van der Waals surface area contributed by atoms with Crippen LogP contribution >= 0.6 is 0 Å². The summed E-state index contributed by atoms with van der Waals surface area (Å²) in [4.78, 5) is 0. The molecule has 0 aromatic heterocycles. The minimum Gasteiger partial charge on any atom is -0.388 e. The Bertz CT molecular complexity index is 106. The van der Waals surface area contributed by atoms with Gasteiger partial charge in [-0.1, -0.05) is 34.1 Å². The van der Waals surface area contributed by atoms with Crippen LogP contribution in [-0.2, 0) is 0 Å². The molecule has 0 amide bonds. The van der Waals surface area contributed by atoms with Gasteiger partial charge >= 0.3 is 0 Å². The summed E-state index contributed by atoms with van der Waals surface area (Å²) in [6, 6.07) is 0.187. The lowest BCUT2D eigenvalue weighted by Crippen LogP contribution is -2.47. The third kappa shape index (κ3) is 5.27. The Morgan fingerprint density at radius 1 is 1.31 bits per heavy atom. The maximum absolute atomic E-state index is 10.0. The number of nitrogens with one attached hydrogen (secondary N) is 1. The van der Waals surface area contributed by atoms with Gasteiger partial charge in [-0.3, -0.25) is 0 Å². The predicted molar refractivity (Wildman–Crippen MR) is 60.0 cm³/mol. The lowest BCUT2D eigenvalue weighted by Gasteiger charge is -2.32. The molecule has 2 N–H and O–H groups in total. The molecule has 0 rings (SSSR count). The van der Waals surface area contributed by atoms with Gasteiger partial charge in [0, 0.05) is 6.04 Å². The number of hydrogen-bond donors (Lipinski definition) is 2. The molecule has 0 heterocycles. The molecule has 0 aliphatic heterocycles. The molecule has 0 bridgehead atoms. The molecular formula is C11H27NO. The van der Waals surface area contributed by atoms with Gasteiger partial charge in [-0.2, -0.15) is 0 Å². The fourth-order valence-electron chi connectivity index (χ4n) is 1.40. The van der Waals surface area contributed by atoms with Crippen LogP contribution in [0, 0.1) is 0 Å². The second-order valence-electron chi connectivity index (χ2n) is 3.22. The van der Waals surface area contributed by atoms with Gasteiger partial charge in [0.2, 0.25) is 0 Å². The summed E-state index contributed by atoms with van der Waals surface area (Å²) in [6.07, 6.45) is 2.74. The van der Waals surface area contributed by atoms with Crippen LogP contribution in [0.15, 0.2) is 0 Å². The maximum Gasteiger partial charge on any atom is 0.0794 e. The second-order valence-corrected chi connectivity index (χ2v) is 3.22. The van der Waals surface area contributed by atoms with Gasteiger partial charge in [-0.25, -0.2) is 0 Å². The van der Waals surface area contributed by atoms with Crippen molar-refractivity contribution in [3.05, 3.63) is 0 Å². The van der Waals surface area contributed by atoms with Gasteiger partial charge in [0.25, 0.3) is 0 Å². The van der Waals surface area contributed by atoms with E-state index in [1.54, 1.807) is 0 Å². The molecule has 0 aromatic carbocycles. The van der Waals surface area contributed by atoms with Crippen LogP contribution in [0.3, 0.4) is 0 Å². The Kier molecular flexibility index (Phi) is 10.1. The molecule has 0 radical (unpaired) electrons. The highest BCUT2D eigenvalue weighted by Crippen LogP contribution is 2.20. The summed E-state index contributed by atoms with van der Waals surface area (Å²) >= 11 is 0. The fourth-order valence-corrected chi connectivity index (χ4v) is 1.40. The topological polar surface area (TPSA) is 32.3 Å². The molecule has 0 saturated carbocycles. The summed E-state index contributed by atoms with van der Waals surface area (Å²) in [6.45, 7) is 10.2. The van der Waals surface area contributed by atoms with Crippen molar-refractivity contribution < 1.29 is 5.11 Å². The first-order valence-electron chi connectivity index (χ1n) is 5.50. The standard InChI is InChI=1S/C9H21NO.C2H6/c1-5-7-9(11,6-2)8(3)10-4;1-2/h8,10-11H,5-7H2,1-4H3;1-2H3. The first kappa shape index (κ1) is 15.4. The molecule has 2 heteroatoms. The van der Waals surface area contributed by atoms with Crippen molar-refractivity contribution >= 4 is 0 Å². The number of aliphatic hydroxyl groups is 1. The van der Waals surface area contributed by atoms with Crippen LogP contribution in [0.4, 0.5) is 0 Å². The Labute approximate surface area is 83.7 Å². The molecule has 0 aliphatic carbocycles. The average Bonchev–Trinajstić information content (AvgIpc) is 2.19. The van der Waals surface area contributed by atoms with Crippen molar-refractivity contribution in [1.82, 2.24) is 5.32 Å². The van der Waals surface area contributed by atoms with Crippen LogP contribution in [0.2, 0.25) is 0 Å². The van der Waals surface area contributed by atoms with E-state index in [4.69, 9.17) is 0 Å². The van der Waals surface area contributed by atoms with Crippen molar-refractivity contribution in [1.29, 1.82) is 0 Å². The second kappa shape index (κ2) is 8.52. The third-order valence-corrected chi connectivity index (χ3v) is 2.53. The van der Waals surface area contributed by atoms with Gasteiger partial charge in [0.05, 0.1) is 5.60 Å². The highest BCUT2D eigenvalue weighted by molar-refractivity contribution is 4.86. The van der Waals surface area contributed by atoms with E-state index in [-0.39, 0.29) is 6.04 Å². The SMILES string of the molecule is CC.CCCC(O)(CC)C(C)NC. The molecule has 2 unspecified atom stereocenters. The number of rotatable bonds is 5. The average molecular weight is 189 g/mol. The van der Waals surface area contributed by atoms with E-state index in [9.17, 15) is 5.11 Å². The molecule has 2 atom stereocenters. The fraction of sp³-hybridized carbons (Fsp3) is 1.00. The van der Waals surface area contributed by atoms with Crippen molar-refractivity contribution in [2.75, 3.05) is 7.05 Å². The smallest absolute Gasteiger partial charge is 0.0794 e. The molecule has 0 spiro atoms. The normalized spacial score (nSPS) is 16.8. The van der Waals surface area contributed by atoms with E-state index < -0.39 is 5.60 Å². The quantitative estimate of drug-likeness (QED) is 0.696. The van der Waals surface area contributed by atoms with Crippen LogP contribution in [0.1, 0.15) is 53.9 Å². The minimum atomic E-state index is -0.510. The molecule has 2 nitrogen and oxygen atoms in total. The van der Waals surface area contributed by atoms with E-state index in [2.05, 4.69) is 12.2 Å². The van der Waals surface area contributed by atoms with Gasteiger partial charge in [0.1, 0.15) is 0 Å². The zero-order valence-corrected chi connectivity index (χ0v) is 10.1. The Morgan fingerprint density at radius 3 is 2.00 bits per heavy atom. The first-order chi connectivity index (χ1) is 6.10. The zero-order chi connectivity index (χ0) is 10.9. The molecule has 0 aromatic rings. The van der Waals surface area contributed by atoms with Crippen LogP contribution in [0.5, 0.6) is 0 Å². The summed E-state index contributed by atoms with van der Waals surface area (Å²) in [5.74, 6) is 0. The largest absolute Gasteiger partial charge is 0.388 e. The van der Waals surface area contributed by atoms with Gasteiger partial charge in [-0.05, 0) is 26.8 Å². The highest BCUT2D eigenvalue weighted by atomic mass is 16.3. The van der Waals surface area contributed by atoms with Crippen molar-refractivity contribution in [3.8, 4) is 0 Å². The van der Waals surface area contributed by atoms with E-state index in [1.165, 1.54) is 0 Å². The molecule has 82 valence electrons. The number of likely N-dealkylation sites (N-methyl/N-ethyl adjacent to an activating group) is 1. The summed E-state index contributed by atoms with van der Waals surface area (Å²) in [5.41, 5.74) is -0.510. The Morgan fingerprint density at radius 2 is 1.77 bits per heavy atom. The molecular weight excluding hydrogens is 162 g/mol. The van der Waals surface area contributed by atoms with E-state index in [0.29, 0.717) is 0 Å². The van der Waals surface area contributed by atoms with E-state index in [0.717, 1.165) is 19.3 Å². The third-order valence-electron chi connectivity index (χ3n) is 2.53. The zero-order valence-electron chi connectivity index (χ0n) is 10.1. The van der Waals surface area contributed by atoms with Gasteiger partial charge in [0.15, 0.2) is 0 Å². The molecule has 0 fully saturated rings. The monoisotopic (exact) mass is 189 g/mol. The summed E-state index contributed by atoms with van der Waals surface area (Å²) in [5, 5.41) is 13.1. The lowest BCUT2D eigenvalue weighted by atomic mass is 9.88. The van der Waals surface area contributed by atoms with Crippen molar-refractivity contribution in [2.45, 2.75) is 65.5 Å². The van der Waals surface area contributed by atoms with Crippen LogP contribution in [-0.4, -0.2) is 23.8 Å².